The Morgan fingerprint density at radius 2 is 1.95 bits per heavy atom. The molecule has 1 aromatic rings. The molecule has 0 aliphatic carbocycles. The molecule has 2 rings (SSSR count). The molecule has 4 nitrogen and oxygen atoms in total. The molecule has 1 saturated heterocycles. The normalized spacial score (nSPS) is 16.5. The first-order valence-corrected chi connectivity index (χ1v) is 7.35. The molecule has 0 aromatic heterocycles. The Kier molecular flexibility index (Phi) is 5.26. The number of nitriles is 1. The van der Waals surface area contributed by atoms with Crippen LogP contribution in [0.25, 0.3) is 0 Å². The molecule has 1 fully saturated rings. The van der Waals surface area contributed by atoms with Crippen molar-refractivity contribution in [1.82, 2.24) is 10.2 Å². The molecule has 0 unspecified atom stereocenters. The van der Waals surface area contributed by atoms with E-state index in [2.05, 4.69) is 27.3 Å². The van der Waals surface area contributed by atoms with E-state index >= 15 is 0 Å². The van der Waals surface area contributed by atoms with E-state index in [1.807, 2.05) is 4.90 Å². The number of carbonyl (C=O) groups excluding carboxylic acids is 1. The van der Waals surface area contributed by atoms with E-state index in [0.717, 1.165) is 12.1 Å². The predicted molar refractivity (Wildman–Crippen MR) is 76.6 cm³/mol. The average molecular weight is 358 g/mol. The van der Waals surface area contributed by atoms with Crippen molar-refractivity contribution in [2.24, 2.45) is 0 Å². The Hall–Kier alpha value is -1.52. The zero-order valence-electron chi connectivity index (χ0n) is 11.2. The van der Waals surface area contributed by atoms with Gasteiger partial charge in [0, 0.05) is 23.6 Å². The molecule has 0 spiro atoms. The van der Waals surface area contributed by atoms with Gasteiger partial charge in [-0.1, -0.05) is 15.9 Å². The second-order valence-corrected chi connectivity index (χ2v) is 5.84. The number of halogens is 3. The number of amides is 1. The molecular weight excluding hydrogens is 344 g/mol. The lowest BCUT2D eigenvalue weighted by atomic mass is 10.0. The first-order valence-electron chi connectivity index (χ1n) is 6.56. The van der Waals surface area contributed by atoms with Crippen molar-refractivity contribution in [3.05, 3.63) is 33.8 Å². The summed E-state index contributed by atoms with van der Waals surface area (Å²) in [4.78, 5) is 14.0. The maximum absolute atomic E-state index is 13.7. The van der Waals surface area contributed by atoms with Gasteiger partial charge in [0.1, 0.15) is 17.2 Å². The van der Waals surface area contributed by atoms with Crippen LogP contribution in [0.2, 0.25) is 0 Å². The van der Waals surface area contributed by atoms with E-state index in [-0.39, 0.29) is 10.5 Å². The van der Waals surface area contributed by atoms with Crippen LogP contribution < -0.4 is 5.32 Å². The zero-order valence-corrected chi connectivity index (χ0v) is 12.8. The molecule has 21 heavy (non-hydrogen) atoms. The molecule has 1 amide bonds. The first-order chi connectivity index (χ1) is 10.0. The van der Waals surface area contributed by atoms with Crippen molar-refractivity contribution in [1.29, 1.82) is 5.26 Å². The largest absolute Gasteiger partial charge is 0.349 e. The van der Waals surface area contributed by atoms with E-state index in [0.29, 0.717) is 32.5 Å². The van der Waals surface area contributed by atoms with E-state index in [4.69, 9.17) is 5.26 Å². The third kappa shape index (κ3) is 3.99. The first kappa shape index (κ1) is 15.9. The number of nitrogens with zero attached hydrogens (tertiary/aromatic N) is 2. The molecule has 112 valence electrons. The molecule has 1 aliphatic heterocycles. The summed E-state index contributed by atoms with van der Waals surface area (Å²) in [6.45, 7) is 1.73. The van der Waals surface area contributed by atoms with Gasteiger partial charge in [-0.15, -0.1) is 0 Å². The molecular formula is C14H14BrF2N3O. The van der Waals surface area contributed by atoms with Gasteiger partial charge in [0.2, 0.25) is 0 Å². The lowest BCUT2D eigenvalue weighted by molar-refractivity contribution is 0.0906. The smallest absolute Gasteiger partial charge is 0.257 e. The summed E-state index contributed by atoms with van der Waals surface area (Å²) in [5.41, 5.74) is -0.558. The predicted octanol–water partition coefficient (Wildman–Crippen LogP) is 2.45. The molecule has 0 atom stereocenters. The van der Waals surface area contributed by atoms with Crippen LogP contribution in [0.5, 0.6) is 0 Å². The standard InChI is InChI=1S/C14H14BrF2N3O/c15-9-7-11(16)13(12(17)8-9)14(21)19-10-1-4-20(5-2-10)6-3-18/h7-8,10H,1-2,4-6H2,(H,19,21). The number of carbonyl (C=O) groups is 1. The van der Waals surface area contributed by atoms with Gasteiger partial charge in [0.05, 0.1) is 12.6 Å². The summed E-state index contributed by atoms with van der Waals surface area (Å²) in [6, 6.07) is 4.07. The van der Waals surface area contributed by atoms with Crippen molar-refractivity contribution < 1.29 is 13.6 Å². The number of hydrogen-bond donors (Lipinski definition) is 1. The Balaban J connectivity index is 1.99. The van der Waals surface area contributed by atoms with Crippen molar-refractivity contribution in [2.45, 2.75) is 18.9 Å². The van der Waals surface area contributed by atoms with E-state index in [1.54, 1.807) is 0 Å². The lowest BCUT2D eigenvalue weighted by Crippen LogP contribution is -2.45. The number of nitrogens with one attached hydrogen (secondary N) is 1. The van der Waals surface area contributed by atoms with Crippen LogP contribution in [0.3, 0.4) is 0 Å². The number of hydrogen-bond acceptors (Lipinski definition) is 3. The molecule has 0 saturated carbocycles. The average Bonchev–Trinajstić information content (AvgIpc) is 2.40. The molecule has 0 radical (unpaired) electrons. The molecule has 7 heteroatoms. The summed E-state index contributed by atoms with van der Waals surface area (Å²) in [5, 5.41) is 11.3. The fourth-order valence-corrected chi connectivity index (χ4v) is 2.75. The lowest BCUT2D eigenvalue weighted by Gasteiger charge is -2.30. The minimum absolute atomic E-state index is 0.130. The van der Waals surface area contributed by atoms with Gasteiger partial charge in [-0.25, -0.2) is 8.78 Å². The van der Waals surface area contributed by atoms with Crippen molar-refractivity contribution >= 4 is 21.8 Å². The maximum Gasteiger partial charge on any atom is 0.257 e. The Bertz CT molecular complexity index is 557. The quantitative estimate of drug-likeness (QED) is 0.845. The summed E-state index contributed by atoms with van der Waals surface area (Å²) in [6.07, 6.45) is 1.32. The molecule has 0 bridgehead atoms. The second-order valence-electron chi connectivity index (χ2n) is 4.93. The number of rotatable bonds is 3. The SMILES string of the molecule is N#CCN1CCC(NC(=O)c2c(F)cc(Br)cc2F)CC1. The maximum atomic E-state index is 13.7. The Morgan fingerprint density at radius 1 is 1.38 bits per heavy atom. The fourth-order valence-electron chi connectivity index (χ4n) is 2.35. The van der Waals surface area contributed by atoms with Crippen LogP contribution >= 0.6 is 15.9 Å². The van der Waals surface area contributed by atoms with Crippen LogP contribution in [0.4, 0.5) is 8.78 Å². The zero-order chi connectivity index (χ0) is 15.4. The highest BCUT2D eigenvalue weighted by molar-refractivity contribution is 9.10. The highest BCUT2D eigenvalue weighted by Crippen LogP contribution is 2.20. The number of piperidine rings is 1. The van der Waals surface area contributed by atoms with Crippen LogP contribution in [0, 0.1) is 23.0 Å². The fraction of sp³-hybridized carbons (Fsp3) is 0.429. The van der Waals surface area contributed by atoms with Gasteiger partial charge in [0.15, 0.2) is 0 Å². The summed E-state index contributed by atoms with van der Waals surface area (Å²) in [7, 11) is 0. The Labute approximate surface area is 129 Å². The van der Waals surface area contributed by atoms with Gasteiger partial charge < -0.3 is 5.32 Å². The second kappa shape index (κ2) is 6.96. The van der Waals surface area contributed by atoms with Gasteiger partial charge >= 0.3 is 0 Å². The number of benzene rings is 1. The summed E-state index contributed by atoms with van der Waals surface area (Å²) >= 11 is 2.97. The third-order valence-electron chi connectivity index (χ3n) is 3.45. The summed E-state index contributed by atoms with van der Waals surface area (Å²) < 4.78 is 27.7. The van der Waals surface area contributed by atoms with Gasteiger partial charge in [-0.2, -0.15) is 5.26 Å². The molecule has 1 heterocycles. The minimum Gasteiger partial charge on any atom is -0.349 e. The van der Waals surface area contributed by atoms with Gasteiger partial charge in [0.25, 0.3) is 5.91 Å². The highest BCUT2D eigenvalue weighted by atomic mass is 79.9. The van der Waals surface area contributed by atoms with E-state index in [9.17, 15) is 13.6 Å². The van der Waals surface area contributed by atoms with Crippen LogP contribution in [-0.2, 0) is 0 Å². The molecule has 1 N–H and O–H groups in total. The summed E-state index contributed by atoms with van der Waals surface area (Å²) in [5.74, 6) is -2.51. The van der Waals surface area contributed by atoms with Crippen LogP contribution in [-0.4, -0.2) is 36.5 Å². The molecule has 1 aliphatic rings. The molecule has 1 aromatic carbocycles. The minimum atomic E-state index is -0.888. The van der Waals surface area contributed by atoms with Gasteiger partial charge in [-0.3, -0.25) is 9.69 Å². The highest BCUT2D eigenvalue weighted by Gasteiger charge is 2.24. The van der Waals surface area contributed by atoms with E-state index in [1.165, 1.54) is 0 Å². The van der Waals surface area contributed by atoms with Crippen LogP contribution in [0.15, 0.2) is 16.6 Å². The van der Waals surface area contributed by atoms with Crippen LogP contribution in [0.1, 0.15) is 23.2 Å². The van der Waals surface area contributed by atoms with Crippen molar-refractivity contribution in [2.75, 3.05) is 19.6 Å². The topological polar surface area (TPSA) is 56.1 Å². The monoisotopic (exact) mass is 357 g/mol. The Morgan fingerprint density at radius 3 is 2.48 bits per heavy atom. The van der Waals surface area contributed by atoms with Gasteiger partial charge in [-0.05, 0) is 25.0 Å². The third-order valence-corrected chi connectivity index (χ3v) is 3.91. The van der Waals surface area contributed by atoms with E-state index < -0.39 is 23.1 Å². The van der Waals surface area contributed by atoms with Crippen molar-refractivity contribution in [3.63, 3.8) is 0 Å². The van der Waals surface area contributed by atoms with Crippen molar-refractivity contribution in [3.8, 4) is 6.07 Å². The number of likely N-dealkylation sites (tertiary alicyclic amines) is 1.